The van der Waals surface area contributed by atoms with Crippen LogP contribution >= 0.6 is 0 Å². The largest absolute Gasteiger partial charge is 0.310 e. The second-order valence-electron chi connectivity index (χ2n) is 19.9. The van der Waals surface area contributed by atoms with E-state index in [-0.39, 0.29) is 0 Å². The van der Waals surface area contributed by atoms with Gasteiger partial charge in [-0.2, -0.15) is 0 Å². The Labute approximate surface area is 405 Å². The van der Waals surface area contributed by atoms with Crippen molar-refractivity contribution in [2.75, 3.05) is 9.80 Å². The van der Waals surface area contributed by atoms with Crippen LogP contribution < -0.4 is 20.2 Å². The van der Waals surface area contributed by atoms with Crippen LogP contribution in [0.4, 0.5) is 34.1 Å². The maximum absolute atomic E-state index is 2.40. The van der Waals surface area contributed by atoms with E-state index in [0.29, 0.717) is 0 Å². The third kappa shape index (κ3) is 9.39. The number of hydrogen-bond donors (Lipinski definition) is 0. The van der Waals surface area contributed by atoms with Crippen LogP contribution in [0.1, 0.15) is 11.1 Å². The van der Waals surface area contributed by atoms with Gasteiger partial charge < -0.3 is 9.80 Å². The van der Waals surface area contributed by atoms with E-state index in [2.05, 4.69) is 292 Å². The summed E-state index contributed by atoms with van der Waals surface area (Å²) >= 11 is 0. The van der Waals surface area contributed by atoms with E-state index < -0.39 is 16.1 Å². The molecule has 0 heterocycles. The summed E-state index contributed by atoms with van der Waals surface area (Å²) in [6, 6.07) is 84.7. The van der Waals surface area contributed by atoms with E-state index in [1.165, 1.54) is 76.7 Å². The maximum atomic E-state index is 2.40. The fourth-order valence-corrected chi connectivity index (χ4v) is 11.6. The fraction of sp³-hybridized carbons (Fsp3) is 0.0938. The lowest BCUT2D eigenvalue weighted by Crippen LogP contribution is -2.37. The smallest absolute Gasteiger partial charge is 0.0775 e. The van der Waals surface area contributed by atoms with Crippen LogP contribution in [0.3, 0.4) is 0 Å². The quantitative estimate of drug-likeness (QED) is 0.0890. The Hall–Kier alpha value is -7.51. The lowest BCUT2D eigenvalue weighted by Gasteiger charge is -2.28. The van der Waals surface area contributed by atoms with Crippen molar-refractivity contribution in [2.24, 2.45) is 0 Å². The first-order chi connectivity index (χ1) is 33.0. The molecule has 0 spiro atoms. The molecule has 0 unspecified atom stereocenters. The van der Waals surface area contributed by atoms with Gasteiger partial charge in [0.1, 0.15) is 0 Å². The Bertz CT molecular complexity index is 3120. The molecule has 0 aliphatic carbocycles. The number of nitrogens with zero attached hydrogens (tertiary/aromatic N) is 2. The molecule has 2 nitrogen and oxygen atoms in total. The summed E-state index contributed by atoms with van der Waals surface area (Å²) in [6.45, 7) is 14.4. The van der Waals surface area contributed by atoms with E-state index in [0.717, 1.165) is 22.7 Å². The molecule has 0 aliphatic heterocycles. The van der Waals surface area contributed by atoms with Gasteiger partial charge in [-0.05, 0) is 105 Å². The predicted octanol–water partition coefficient (Wildman–Crippen LogP) is 17.5. The van der Waals surface area contributed by atoms with Crippen LogP contribution in [0.25, 0.3) is 56.0 Å². The lowest BCUT2D eigenvalue weighted by atomic mass is 10.0. The highest BCUT2D eigenvalue weighted by atomic mass is 28.3. The molecule has 0 radical (unpaired) electrons. The maximum Gasteiger partial charge on any atom is 0.0775 e. The van der Waals surface area contributed by atoms with Crippen molar-refractivity contribution < 1.29 is 0 Å². The van der Waals surface area contributed by atoms with Crippen LogP contribution in [0, 0.1) is 0 Å². The van der Waals surface area contributed by atoms with Gasteiger partial charge >= 0.3 is 0 Å². The highest BCUT2D eigenvalue weighted by molar-refractivity contribution is 6.89. The molecule has 0 aromatic heterocycles. The third-order valence-electron chi connectivity index (χ3n) is 13.2. The van der Waals surface area contributed by atoms with Crippen LogP contribution in [-0.2, 0) is 0 Å². The zero-order valence-electron chi connectivity index (χ0n) is 40.0. The number of rotatable bonds is 12. The molecule has 0 saturated carbocycles. The summed E-state index contributed by atoms with van der Waals surface area (Å²) in [7, 11) is -2.86. The zero-order valence-corrected chi connectivity index (χ0v) is 42.0. The van der Waals surface area contributed by atoms with Gasteiger partial charge in [-0.15, -0.1) is 0 Å². The first-order valence-corrected chi connectivity index (χ1v) is 30.8. The summed E-state index contributed by atoms with van der Waals surface area (Å²) in [5, 5.41) is 7.86. The van der Waals surface area contributed by atoms with Gasteiger partial charge in [0.05, 0.1) is 27.5 Å². The van der Waals surface area contributed by atoms with Crippen LogP contribution in [-0.4, -0.2) is 16.1 Å². The average molecular weight is 911 g/mol. The molecule has 10 aromatic rings. The number of hydrogen-bond acceptors (Lipinski definition) is 2. The molecule has 0 aliphatic rings. The molecule has 0 fully saturated rings. The van der Waals surface area contributed by atoms with Crippen molar-refractivity contribution >= 4 is 94.3 Å². The van der Waals surface area contributed by atoms with Crippen molar-refractivity contribution in [2.45, 2.75) is 39.3 Å². The van der Waals surface area contributed by atoms with E-state index >= 15 is 0 Å². The summed E-state index contributed by atoms with van der Waals surface area (Å²) in [6.07, 6.45) is 4.40. The van der Waals surface area contributed by atoms with Crippen molar-refractivity contribution in [3.05, 3.63) is 242 Å². The Kier molecular flexibility index (Phi) is 12.2. The predicted molar refractivity (Wildman–Crippen MR) is 303 cm³/mol. The molecule has 68 heavy (non-hydrogen) atoms. The summed E-state index contributed by atoms with van der Waals surface area (Å²) in [5.74, 6) is 0. The SMILES string of the molecule is C[Si](C)(C)c1ccc(N(c2ccc(-c3ccc(C=Cc4ccc(-c5ccc(N(c6ccc([Si](C)(C)C)cc6)c6cccc7ccccc67)cc5)cc4)cc3)cc2)c2cccc3ccccc23)cc1. The van der Waals surface area contributed by atoms with Crippen molar-refractivity contribution in [3.8, 4) is 22.3 Å². The van der Waals surface area contributed by atoms with E-state index in [1.807, 2.05) is 0 Å². The van der Waals surface area contributed by atoms with Crippen molar-refractivity contribution in [1.29, 1.82) is 0 Å². The molecular weight excluding hydrogens is 853 g/mol. The highest BCUT2D eigenvalue weighted by Gasteiger charge is 2.21. The molecule has 0 N–H and O–H groups in total. The van der Waals surface area contributed by atoms with Gasteiger partial charge in [-0.1, -0.05) is 232 Å². The molecule has 0 atom stereocenters. The zero-order chi connectivity index (χ0) is 46.8. The standard InChI is InChI=1S/C64H58N2Si2/c1-67(2,3)59-43-39-57(40-44-59)65(63-19-11-15-53-13-7-9-17-61(53)63)55-35-31-51(32-36-55)49-27-23-47(24-28-49)21-22-48-25-29-50(30-26-48)52-33-37-56(38-34-52)66(58-41-45-60(46-42-58)68(4,5)6)64-20-12-16-54-14-8-10-18-62(54)64/h7-46H,1-6H3. The molecule has 10 aromatic carbocycles. The van der Waals surface area contributed by atoms with Crippen LogP contribution in [0.2, 0.25) is 39.3 Å². The molecule has 10 rings (SSSR count). The highest BCUT2D eigenvalue weighted by Crippen LogP contribution is 2.41. The monoisotopic (exact) mass is 910 g/mol. The lowest BCUT2D eigenvalue weighted by molar-refractivity contribution is 1.30. The average Bonchev–Trinajstić information content (AvgIpc) is 3.37. The second-order valence-corrected chi connectivity index (χ2v) is 30.1. The number of anilines is 6. The Balaban J connectivity index is 0.848. The van der Waals surface area contributed by atoms with Crippen LogP contribution in [0.15, 0.2) is 231 Å². The van der Waals surface area contributed by atoms with Gasteiger partial charge in [0.25, 0.3) is 0 Å². The molecule has 0 saturated heterocycles. The Morgan fingerprint density at radius 3 is 0.882 bits per heavy atom. The van der Waals surface area contributed by atoms with E-state index in [1.54, 1.807) is 0 Å². The summed E-state index contributed by atoms with van der Waals surface area (Å²) in [4.78, 5) is 4.79. The van der Waals surface area contributed by atoms with Crippen LogP contribution in [0.5, 0.6) is 0 Å². The molecule has 0 bridgehead atoms. The number of fused-ring (bicyclic) bond motifs is 2. The Morgan fingerprint density at radius 2 is 0.559 bits per heavy atom. The van der Waals surface area contributed by atoms with E-state index in [4.69, 9.17) is 0 Å². The molecule has 332 valence electrons. The van der Waals surface area contributed by atoms with Gasteiger partial charge in [0.2, 0.25) is 0 Å². The van der Waals surface area contributed by atoms with Gasteiger partial charge in [-0.3, -0.25) is 0 Å². The minimum absolute atomic E-state index is 1.14. The molecular formula is C64H58N2Si2. The van der Waals surface area contributed by atoms with Crippen molar-refractivity contribution in [3.63, 3.8) is 0 Å². The van der Waals surface area contributed by atoms with Gasteiger partial charge in [0.15, 0.2) is 0 Å². The normalized spacial score (nSPS) is 11.9. The van der Waals surface area contributed by atoms with Gasteiger partial charge in [0, 0.05) is 33.5 Å². The topological polar surface area (TPSA) is 6.48 Å². The third-order valence-corrected chi connectivity index (χ3v) is 17.3. The van der Waals surface area contributed by atoms with Gasteiger partial charge in [-0.25, -0.2) is 0 Å². The molecule has 4 heteroatoms. The second kappa shape index (κ2) is 18.6. The minimum atomic E-state index is -1.43. The first-order valence-electron chi connectivity index (χ1n) is 23.8. The first kappa shape index (κ1) is 44.3. The van der Waals surface area contributed by atoms with Crippen molar-refractivity contribution in [1.82, 2.24) is 0 Å². The minimum Gasteiger partial charge on any atom is -0.310 e. The molecule has 0 amide bonds. The fourth-order valence-electron chi connectivity index (χ4n) is 9.25. The Morgan fingerprint density at radius 1 is 0.279 bits per heavy atom. The van der Waals surface area contributed by atoms with E-state index in [9.17, 15) is 0 Å². The number of benzene rings is 10. The summed E-state index contributed by atoms with van der Waals surface area (Å²) < 4.78 is 0. The summed E-state index contributed by atoms with van der Waals surface area (Å²) in [5.41, 5.74) is 14.1.